The predicted molar refractivity (Wildman–Crippen MR) is 85.4 cm³/mol. The van der Waals surface area contributed by atoms with Crippen LogP contribution in [0, 0.1) is 0 Å². The fourth-order valence-corrected chi connectivity index (χ4v) is 2.75. The van der Waals surface area contributed by atoms with E-state index in [1.165, 1.54) is 0 Å². The molecule has 0 aliphatic carbocycles. The van der Waals surface area contributed by atoms with Gasteiger partial charge in [-0.25, -0.2) is 0 Å². The Balaban J connectivity index is 1.56. The molecule has 0 spiro atoms. The Bertz CT molecular complexity index is 838. The molecule has 7 nitrogen and oxygen atoms in total. The first-order chi connectivity index (χ1) is 11.8. The molecular formula is C17H18N4O3. The molecule has 0 N–H and O–H groups in total. The lowest BCUT2D eigenvalue weighted by Gasteiger charge is -2.24. The van der Waals surface area contributed by atoms with Gasteiger partial charge in [0.25, 0.3) is 5.89 Å². The van der Waals surface area contributed by atoms with E-state index in [0.717, 1.165) is 23.4 Å². The first kappa shape index (κ1) is 14.9. The van der Waals surface area contributed by atoms with Gasteiger partial charge >= 0.3 is 0 Å². The van der Waals surface area contributed by atoms with Gasteiger partial charge in [-0.15, -0.1) is 0 Å². The molecule has 0 bridgehead atoms. The standard InChI is InChI=1S/C17H18N4O3/c1-3-16-18-17(24-20-16)14-8-12-10-23-15(9-21(12)19-14)11-4-6-13(22-2)7-5-11/h4-8,15H,3,9-10H2,1-2H3/t15-/m0/s1. The van der Waals surface area contributed by atoms with E-state index in [4.69, 9.17) is 14.0 Å². The SMILES string of the molecule is CCc1noc(-c2cc3n(n2)C[C@@H](c2ccc(OC)cc2)OC3)n1. The summed E-state index contributed by atoms with van der Waals surface area (Å²) in [7, 11) is 1.66. The number of fused-ring (bicyclic) bond motifs is 1. The minimum absolute atomic E-state index is 0.0370. The molecule has 4 rings (SSSR count). The Kier molecular flexibility index (Phi) is 3.78. The molecule has 1 aliphatic rings. The van der Waals surface area contributed by atoms with Crippen molar-refractivity contribution >= 4 is 0 Å². The van der Waals surface area contributed by atoms with Crippen molar-refractivity contribution in [3.05, 3.63) is 47.4 Å². The molecule has 24 heavy (non-hydrogen) atoms. The lowest BCUT2D eigenvalue weighted by Crippen LogP contribution is -2.21. The van der Waals surface area contributed by atoms with Crippen LogP contribution in [0.5, 0.6) is 5.75 Å². The smallest absolute Gasteiger partial charge is 0.278 e. The third-order valence-electron chi connectivity index (χ3n) is 4.13. The molecule has 3 aromatic rings. The van der Waals surface area contributed by atoms with E-state index in [1.54, 1.807) is 7.11 Å². The largest absolute Gasteiger partial charge is 0.497 e. The molecule has 1 aromatic carbocycles. The Morgan fingerprint density at radius 2 is 2.12 bits per heavy atom. The summed E-state index contributed by atoms with van der Waals surface area (Å²) in [4.78, 5) is 4.33. The van der Waals surface area contributed by atoms with Gasteiger partial charge in [-0.2, -0.15) is 10.1 Å². The van der Waals surface area contributed by atoms with Crippen LogP contribution in [-0.2, 0) is 24.3 Å². The van der Waals surface area contributed by atoms with Gasteiger partial charge in [-0.05, 0) is 23.8 Å². The van der Waals surface area contributed by atoms with Crippen LogP contribution in [0.2, 0.25) is 0 Å². The minimum atomic E-state index is -0.0370. The number of hydrogen-bond donors (Lipinski definition) is 0. The second-order valence-electron chi connectivity index (χ2n) is 5.65. The zero-order valence-corrected chi connectivity index (χ0v) is 13.6. The molecule has 0 fully saturated rings. The Morgan fingerprint density at radius 3 is 2.83 bits per heavy atom. The third-order valence-corrected chi connectivity index (χ3v) is 4.13. The molecule has 0 amide bonds. The second kappa shape index (κ2) is 6.09. The van der Waals surface area contributed by atoms with Crippen LogP contribution in [0.25, 0.3) is 11.6 Å². The Morgan fingerprint density at radius 1 is 1.29 bits per heavy atom. The molecular weight excluding hydrogens is 308 g/mol. The highest BCUT2D eigenvalue weighted by Crippen LogP contribution is 2.29. The first-order valence-corrected chi connectivity index (χ1v) is 7.92. The number of nitrogens with zero attached hydrogens (tertiary/aromatic N) is 4. The summed E-state index contributed by atoms with van der Waals surface area (Å²) in [5.41, 5.74) is 2.80. The van der Waals surface area contributed by atoms with Crippen molar-refractivity contribution in [2.45, 2.75) is 32.6 Å². The van der Waals surface area contributed by atoms with Gasteiger partial charge in [0.1, 0.15) is 11.9 Å². The zero-order valence-electron chi connectivity index (χ0n) is 13.6. The maximum Gasteiger partial charge on any atom is 0.278 e. The van der Waals surface area contributed by atoms with Gasteiger partial charge in [0.15, 0.2) is 11.5 Å². The van der Waals surface area contributed by atoms with Gasteiger partial charge in [0, 0.05) is 6.42 Å². The van der Waals surface area contributed by atoms with Gasteiger partial charge in [0.2, 0.25) is 0 Å². The summed E-state index contributed by atoms with van der Waals surface area (Å²) < 4.78 is 18.4. The van der Waals surface area contributed by atoms with Gasteiger partial charge < -0.3 is 14.0 Å². The summed E-state index contributed by atoms with van der Waals surface area (Å²) in [6.07, 6.45) is 0.699. The molecule has 3 heterocycles. The molecule has 7 heteroatoms. The van der Waals surface area contributed by atoms with E-state index in [9.17, 15) is 0 Å². The number of aryl methyl sites for hydroxylation is 1. The third kappa shape index (κ3) is 2.67. The number of ether oxygens (including phenoxy) is 2. The average molecular weight is 326 g/mol. The van der Waals surface area contributed by atoms with Crippen LogP contribution in [-0.4, -0.2) is 27.0 Å². The van der Waals surface area contributed by atoms with Crippen LogP contribution < -0.4 is 4.74 Å². The lowest BCUT2D eigenvalue weighted by atomic mass is 10.1. The van der Waals surface area contributed by atoms with Crippen molar-refractivity contribution in [2.24, 2.45) is 0 Å². The van der Waals surface area contributed by atoms with Crippen molar-refractivity contribution in [2.75, 3.05) is 7.11 Å². The first-order valence-electron chi connectivity index (χ1n) is 7.92. The number of rotatable bonds is 4. The van der Waals surface area contributed by atoms with Crippen molar-refractivity contribution in [3.63, 3.8) is 0 Å². The topological polar surface area (TPSA) is 75.2 Å². The number of aromatic nitrogens is 4. The highest BCUT2D eigenvalue weighted by Gasteiger charge is 2.24. The van der Waals surface area contributed by atoms with E-state index in [-0.39, 0.29) is 6.10 Å². The maximum absolute atomic E-state index is 5.97. The highest BCUT2D eigenvalue weighted by atomic mass is 16.5. The van der Waals surface area contributed by atoms with Crippen molar-refractivity contribution in [1.82, 2.24) is 19.9 Å². The summed E-state index contributed by atoms with van der Waals surface area (Å²) in [5, 5.41) is 8.51. The predicted octanol–water partition coefficient (Wildman–Crippen LogP) is 2.78. The van der Waals surface area contributed by atoms with E-state index in [2.05, 4.69) is 15.2 Å². The van der Waals surface area contributed by atoms with E-state index in [1.807, 2.05) is 41.9 Å². The average Bonchev–Trinajstić information content (AvgIpc) is 3.27. The highest BCUT2D eigenvalue weighted by molar-refractivity contribution is 5.47. The molecule has 0 unspecified atom stereocenters. The summed E-state index contributed by atoms with van der Waals surface area (Å²) in [6.45, 7) is 3.13. The van der Waals surface area contributed by atoms with Crippen LogP contribution in [0.1, 0.15) is 30.1 Å². The molecule has 0 saturated carbocycles. The van der Waals surface area contributed by atoms with Crippen LogP contribution in [0.15, 0.2) is 34.9 Å². The monoisotopic (exact) mass is 326 g/mol. The van der Waals surface area contributed by atoms with Crippen LogP contribution in [0.4, 0.5) is 0 Å². The summed E-state index contributed by atoms with van der Waals surface area (Å²) >= 11 is 0. The molecule has 2 aromatic heterocycles. The molecule has 1 aliphatic heterocycles. The number of methoxy groups -OCH3 is 1. The van der Waals surface area contributed by atoms with Crippen LogP contribution in [0.3, 0.4) is 0 Å². The maximum atomic E-state index is 5.97. The van der Waals surface area contributed by atoms with Crippen molar-refractivity contribution < 1.29 is 14.0 Å². The minimum Gasteiger partial charge on any atom is -0.497 e. The summed E-state index contributed by atoms with van der Waals surface area (Å²) in [5.74, 6) is 1.97. The molecule has 0 radical (unpaired) electrons. The van der Waals surface area contributed by atoms with E-state index >= 15 is 0 Å². The fraction of sp³-hybridized carbons (Fsp3) is 0.353. The van der Waals surface area contributed by atoms with E-state index < -0.39 is 0 Å². The molecule has 1 atom stereocenters. The van der Waals surface area contributed by atoms with Gasteiger partial charge in [0.05, 0.1) is 26.0 Å². The van der Waals surface area contributed by atoms with Crippen LogP contribution >= 0.6 is 0 Å². The number of benzene rings is 1. The Hall–Kier alpha value is -2.67. The molecule has 124 valence electrons. The second-order valence-corrected chi connectivity index (χ2v) is 5.65. The fourth-order valence-electron chi connectivity index (χ4n) is 2.75. The lowest BCUT2D eigenvalue weighted by molar-refractivity contribution is -0.00115. The van der Waals surface area contributed by atoms with Crippen molar-refractivity contribution in [1.29, 1.82) is 0 Å². The van der Waals surface area contributed by atoms with Crippen molar-refractivity contribution in [3.8, 4) is 17.3 Å². The number of hydrogen-bond acceptors (Lipinski definition) is 6. The van der Waals surface area contributed by atoms with Gasteiger partial charge in [-0.1, -0.05) is 24.2 Å². The summed E-state index contributed by atoms with van der Waals surface area (Å²) in [6, 6.07) is 9.85. The van der Waals surface area contributed by atoms with E-state index in [0.29, 0.717) is 30.6 Å². The molecule has 0 saturated heterocycles. The quantitative estimate of drug-likeness (QED) is 0.734. The van der Waals surface area contributed by atoms with Gasteiger partial charge in [-0.3, -0.25) is 4.68 Å². The Labute approximate surface area is 139 Å². The zero-order chi connectivity index (χ0) is 16.5. The normalized spacial score (nSPS) is 16.8.